The molecule has 9 heteroatoms. The van der Waals surface area contributed by atoms with E-state index in [-0.39, 0.29) is 29.4 Å². The minimum Gasteiger partial charge on any atom is -0.491 e. The Bertz CT molecular complexity index is 821. The van der Waals surface area contributed by atoms with Crippen molar-refractivity contribution in [2.24, 2.45) is 7.05 Å². The van der Waals surface area contributed by atoms with Gasteiger partial charge in [0.15, 0.2) is 0 Å². The van der Waals surface area contributed by atoms with Gasteiger partial charge in [-0.05, 0) is 38.1 Å². The summed E-state index contributed by atoms with van der Waals surface area (Å²) >= 11 is 0. The lowest BCUT2D eigenvalue weighted by Gasteiger charge is -2.34. The molecule has 3 rings (SSSR count). The highest BCUT2D eigenvalue weighted by Gasteiger charge is 2.36. The van der Waals surface area contributed by atoms with Crippen LogP contribution < -0.4 is 10.1 Å². The van der Waals surface area contributed by atoms with Crippen LogP contribution in [0.2, 0.25) is 0 Å². The van der Waals surface area contributed by atoms with Crippen LogP contribution in [0.25, 0.3) is 0 Å². The molecular formula is C17H25ClN4O3S. The van der Waals surface area contributed by atoms with Gasteiger partial charge in [-0.2, -0.15) is 4.31 Å². The summed E-state index contributed by atoms with van der Waals surface area (Å²) < 4.78 is 35.3. The number of hydrogen-bond acceptors (Lipinski definition) is 5. The van der Waals surface area contributed by atoms with Gasteiger partial charge in [-0.1, -0.05) is 0 Å². The summed E-state index contributed by atoms with van der Waals surface area (Å²) in [5.41, 5.74) is 0. The number of aryl methyl sites for hydroxylation is 1. The molecular weight excluding hydrogens is 376 g/mol. The molecule has 144 valence electrons. The van der Waals surface area contributed by atoms with E-state index in [1.165, 1.54) is 4.31 Å². The van der Waals surface area contributed by atoms with Gasteiger partial charge in [-0.25, -0.2) is 13.4 Å². The number of imidazole rings is 1. The van der Waals surface area contributed by atoms with E-state index in [0.29, 0.717) is 25.4 Å². The summed E-state index contributed by atoms with van der Waals surface area (Å²) in [4.78, 5) is 4.61. The van der Waals surface area contributed by atoms with E-state index in [1.807, 2.05) is 31.7 Å². The number of benzene rings is 1. The van der Waals surface area contributed by atoms with Gasteiger partial charge in [0.05, 0.1) is 17.0 Å². The fourth-order valence-corrected chi connectivity index (χ4v) is 4.58. The van der Waals surface area contributed by atoms with Crippen molar-refractivity contribution in [3.8, 4) is 5.75 Å². The number of sulfonamides is 1. The SMILES string of the molecule is CC(C)Oc1ccc(S(=O)(=O)N2CCNCC2c2nccn2C)cc1.Cl. The Morgan fingerprint density at radius 3 is 2.54 bits per heavy atom. The van der Waals surface area contributed by atoms with E-state index >= 15 is 0 Å². The Morgan fingerprint density at radius 2 is 1.96 bits per heavy atom. The van der Waals surface area contributed by atoms with Gasteiger partial charge in [-0.15, -0.1) is 12.4 Å². The van der Waals surface area contributed by atoms with Crippen LogP contribution in [0.5, 0.6) is 5.75 Å². The first-order valence-electron chi connectivity index (χ1n) is 8.36. The molecule has 0 radical (unpaired) electrons. The molecule has 1 fully saturated rings. The quantitative estimate of drug-likeness (QED) is 0.830. The fourth-order valence-electron chi connectivity index (χ4n) is 2.99. The first kappa shape index (κ1) is 20.7. The summed E-state index contributed by atoms with van der Waals surface area (Å²) in [6.07, 6.45) is 3.56. The van der Waals surface area contributed by atoms with Crippen LogP contribution in [-0.4, -0.2) is 48.0 Å². The summed E-state index contributed by atoms with van der Waals surface area (Å²) in [7, 11) is -1.74. The van der Waals surface area contributed by atoms with E-state index in [9.17, 15) is 8.42 Å². The third-order valence-corrected chi connectivity index (χ3v) is 6.08. The molecule has 1 aliphatic rings. The Hall–Kier alpha value is -1.61. The largest absolute Gasteiger partial charge is 0.491 e. The molecule has 26 heavy (non-hydrogen) atoms. The molecule has 1 unspecified atom stereocenters. The van der Waals surface area contributed by atoms with Crippen molar-refractivity contribution in [2.75, 3.05) is 19.6 Å². The van der Waals surface area contributed by atoms with Gasteiger partial charge in [0.25, 0.3) is 0 Å². The van der Waals surface area contributed by atoms with Crippen LogP contribution in [0.3, 0.4) is 0 Å². The Kier molecular flexibility index (Phi) is 6.68. The van der Waals surface area contributed by atoms with Gasteiger partial charge in [-0.3, -0.25) is 0 Å². The van der Waals surface area contributed by atoms with Crippen LogP contribution in [0, 0.1) is 0 Å². The maximum Gasteiger partial charge on any atom is 0.243 e. The zero-order valence-electron chi connectivity index (χ0n) is 15.1. The van der Waals surface area contributed by atoms with E-state index in [1.54, 1.807) is 30.5 Å². The lowest BCUT2D eigenvalue weighted by Crippen LogP contribution is -2.49. The van der Waals surface area contributed by atoms with Crippen molar-refractivity contribution >= 4 is 22.4 Å². The van der Waals surface area contributed by atoms with Crippen molar-refractivity contribution in [1.82, 2.24) is 19.2 Å². The molecule has 1 N–H and O–H groups in total. The number of aromatic nitrogens is 2. The average Bonchev–Trinajstić information content (AvgIpc) is 3.01. The predicted octanol–water partition coefficient (Wildman–Crippen LogP) is 1.96. The number of piperazine rings is 1. The van der Waals surface area contributed by atoms with Crippen molar-refractivity contribution in [2.45, 2.75) is 30.9 Å². The third kappa shape index (κ3) is 4.20. The Morgan fingerprint density at radius 1 is 1.27 bits per heavy atom. The first-order valence-corrected chi connectivity index (χ1v) is 9.80. The topological polar surface area (TPSA) is 76.5 Å². The number of rotatable bonds is 5. The smallest absolute Gasteiger partial charge is 0.243 e. The number of halogens is 1. The molecule has 1 saturated heterocycles. The second kappa shape index (κ2) is 8.39. The zero-order valence-corrected chi connectivity index (χ0v) is 16.8. The van der Waals surface area contributed by atoms with E-state index in [2.05, 4.69) is 10.3 Å². The van der Waals surface area contributed by atoms with Crippen molar-refractivity contribution in [1.29, 1.82) is 0 Å². The molecule has 2 aromatic rings. The summed E-state index contributed by atoms with van der Waals surface area (Å²) in [6.45, 7) is 5.43. The van der Waals surface area contributed by atoms with Gasteiger partial charge in [0, 0.05) is 39.1 Å². The molecule has 0 amide bonds. The van der Waals surface area contributed by atoms with E-state index in [4.69, 9.17) is 4.74 Å². The lowest BCUT2D eigenvalue weighted by atomic mass is 10.2. The van der Waals surface area contributed by atoms with Gasteiger partial charge in [0.2, 0.25) is 10.0 Å². The molecule has 1 aromatic carbocycles. The monoisotopic (exact) mass is 400 g/mol. The van der Waals surface area contributed by atoms with E-state index in [0.717, 1.165) is 5.82 Å². The van der Waals surface area contributed by atoms with Crippen molar-refractivity contribution in [3.63, 3.8) is 0 Å². The zero-order chi connectivity index (χ0) is 18.0. The standard InChI is InChI=1S/C17H24N4O3S.ClH/c1-13(2)24-14-4-6-15(7-5-14)25(22,23)21-11-8-18-12-16(21)17-19-9-10-20(17)3;/h4-7,9-10,13,16,18H,8,11-12H2,1-3H3;1H. The molecule has 7 nitrogen and oxygen atoms in total. The maximum atomic E-state index is 13.2. The molecule has 0 bridgehead atoms. The molecule has 0 spiro atoms. The Labute approximate surface area is 160 Å². The third-order valence-electron chi connectivity index (χ3n) is 4.15. The van der Waals surface area contributed by atoms with Crippen LogP contribution in [0.4, 0.5) is 0 Å². The number of hydrogen-bond donors (Lipinski definition) is 1. The van der Waals surface area contributed by atoms with E-state index < -0.39 is 10.0 Å². The van der Waals surface area contributed by atoms with Crippen LogP contribution in [0.1, 0.15) is 25.7 Å². The predicted molar refractivity (Wildman–Crippen MR) is 102 cm³/mol. The molecule has 0 saturated carbocycles. The van der Waals surface area contributed by atoms with Crippen LogP contribution >= 0.6 is 12.4 Å². The normalized spacial score (nSPS) is 18.5. The Balaban J connectivity index is 0.00000243. The number of ether oxygens (including phenoxy) is 1. The van der Waals surface area contributed by atoms with Gasteiger partial charge < -0.3 is 14.6 Å². The highest BCUT2D eigenvalue weighted by molar-refractivity contribution is 7.89. The first-order chi connectivity index (χ1) is 11.9. The summed E-state index contributed by atoms with van der Waals surface area (Å²) in [6, 6.07) is 6.27. The molecule has 1 aromatic heterocycles. The minimum atomic E-state index is -3.61. The summed E-state index contributed by atoms with van der Waals surface area (Å²) in [5, 5.41) is 3.26. The number of nitrogens with one attached hydrogen (secondary N) is 1. The highest BCUT2D eigenvalue weighted by Crippen LogP contribution is 2.28. The molecule has 2 heterocycles. The molecule has 1 atom stereocenters. The lowest BCUT2D eigenvalue weighted by molar-refractivity contribution is 0.242. The second-order valence-corrected chi connectivity index (χ2v) is 8.26. The van der Waals surface area contributed by atoms with Gasteiger partial charge in [0.1, 0.15) is 11.6 Å². The fraction of sp³-hybridized carbons (Fsp3) is 0.471. The van der Waals surface area contributed by atoms with Crippen LogP contribution in [-0.2, 0) is 17.1 Å². The molecule has 0 aliphatic carbocycles. The second-order valence-electron chi connectivity index (χ2n) is 6.37. The summed E-state index contributed by atoms with van der Waals surface area (Å²) in [5.74, 6) is 1.39. The molecule has 1 aliphatic heterocycles. The minimum absolute atomic E-state index is 0. The highest BCUT2D eigenvalue weighted by atomic mass is 35.5. The van der Waals surface area contributed by atoms with Crippen LogP contribution in [0.15, 0.2) is 41.6 Å². The maximum absolute atomic E-state index is 13.2. The number of nitrogens with zero attached hydrogens (tertiary/aromatic N) is 3. The van der Waals surface area contributed by atoms with Crippen molar-refractivity contribution < 1.29 is 13.2 Å². The van der Waals surface area contributed by atoms with Crippen molar-refractivity contribution in [3.05, 3.63) is 42.5 Å². The van der Waals surface area contributed by atoms with Gasteiger partial charge >= 0.3 is 0 Å². The average molecular weight is 401 g/mol.